The highest BCUT2D eigenvalue weighted by molar-refractivity contribution is 6.00. The number of rotatable bonds is 10. The van der Waals surface area contributed by atoms with E-state index < -0.39 is 0 Å². The van der Waals surface area contributed by atoms with Gasteiger partial charge >= 0.3 is 0 Å². The first-order chi connectivity index (χ1) is 13.7. The molecule has 0 bridgehead atoms. The van der Waals surface area contributed by atoms with E-state index in [1.54, 1.807) is 0 Å². The number of hydrogen-bond acceptors (Lipinski definition) is 4. The van der Waals surface area contributed by atoms with Crippen molar-refractivity contribution in [1.82, 2.24) is 10.6 Å². The normalized spacial score (nSPS) is 35.5. The summed E-state index contributed by atoms with van der Waals surface area (Å²) in [5.74, 6) is 0.684. The van der Waals surface area contributed by atoms with Crippen LogP contribution >= 0.6 is 0 Å². The first kappa shape index (κ1) is 22.0. The van der Waals surface area contributed by atoms with Gasteiger partial charge in [-0.25, -0.2) is 0 Å². The fourth-order valence-corrected chi connectivity index (χ4v) is 6.06. The predicted molar refractivity (Wildman–Crippen MR) is 114 cm³/mol. The van der Waals surface area contributed by atoms with Crippen LogP contribution in [0.1, 0.15) is 90.9 Å². The van der Waals surface area contributed by atoms with Gasteiger partial charge in [0.2, 0.25) is 0 Å². The molecule has 3 saturated carbocycles. The van der Waals surface area contributed by atoms with Crippen molar-refractivity contribution in [2.45, 2.75) is 103 Å². The molecule has 160 valence electrons. The Balaban J connectivity index is 1.73. The van der Waals surface area contributed by atoms with Gasteiger partial charge in [0.15, 0.2) is 0 Å². The topological polar surface area (TPSA) is 58.2 Å². The van der Waals surface area contributed by atoms with Gasteiger partial charge in [-0.3, -0.25) is 9.59 Å². The molecule has 0 aromatic rings. The molecule has 3 aliphatic rings. The Morgan fingerprint density at radius 2 is 1.11 bits per heavy atom. The molecule has 6 atom stereocenters. The van der Waals surface area contributed by atoms with Crippen molar-refractivity contribution in [2.75, 3.05) is 13.1 Å². The standard InChI is InChI=1S/C24H42N2O2/c1-3-5-9-15-25-19-13-14-20(26-16-10-6-4-2)22-21(19)23(27)17-11-7-8-12-18(17)24(22)28/h17-22,25-26H,3-16H2,1-2H3. The highest BCUT2D eigenvalue weighted by atomic mass is 16.1. The van der Waals surface area contributed by atoms with Crippen LogP contribution in [0, 0.1) is 23.7 Å². The maximum atomic E-state index is 13.5. The lowest BCUT2D eigenvalue weighted by atomic mass is 9.56. The fourth-order valence-electron chi connectivity index (χ4n) is 6.06. The zero-order chi connectivity index (χ0) is 19.9. The van der Waals surface area contributed by atoms with Gasteiger partial charge in [0, 0.05) is 35.8 Å². The van der Waals surface area contributed by atoms with Gasteiger partial charge in [0.1, 0.15) is 11.6 Å². The summed E-state index contributed by atoms with van der Waals surface area (Å²) >= 11 is 0. The average molecular weight is 391 g/mol. The second-order valence-electron chi connectivity index (χ2n) is 9.47. The third-order valence-corrected chi connectivity index (χ3v) is 7.57. The Morgan fingerprint density at radius 1 is 0.679 bits per heavy atom. The van der Waals surface area contributed by atoms with Gasteiger partial charge in [0.25, 0.3) is 0 Å². The predicted octanol–water partition coefficient (Wildman–Crippen LogP) is 4.27. The summed E-state index contributed by atoms with van der Waals surface area (Å²) in [6.45, 7) is 6.40. The Bertz CT molecular complexity index is 475. The number of unbranched alkanes of at least 4 members (excludes halogenated alkanes) is 4. The summed E-state index contributed by atoms with van der Waals surface area (Å²) in [5.41, 5.74) is 0. The van der Waals surface area contributed by atoms with Gasteiger partial charge in [-0.2, -0.15) is 0 Å². The molecule has 3 rings (SSSR count). The minimum absolute atomic E-state index is 0.0151. The van der Waals surface area contributed by atoms with E-state index in [9.17, 15) is 9.59 Å². The Hall–Kier alpha value is -0.740. The zero-order valence-corrected chi connectivity index (χ0v) is 18.2. The van der Waals surface area contributed by atoms with Crippen LogP contribution in [0.4, 0.5) is 0 Å². The van der Waals surface area contributed by atoms with Crippen molar-refractivity contribution in [2.24, 2.45) is 23.7 Å². The van der Waals surface area contributed by atoms with Crippen molar-refractivity contribution < 1.29 is 9.59 Å². The molecule has 2 N–H and O–H groups in total. The van der Waals surface area contributed by atoms with Gasteiger partial charge in [-0.05, 0) is 51.6 Å². The van der Waals surface area contributed by atoms with Crippen LogP contribution in [0.15, 0.2) is 0 Å². The number of carbonyl (C=O) groups is 2. The molecule has 4 heteroatoms. The molecule has 0 radical (unpaired) electrons. The fraction of sp³-hybridized carbons (Fsp3) is 0.917. The Labute approximate surface area is 172 Å². The lowest BCUT2D eigenvalue weighted by Gasteiger charge is -2.50. The first-order valence-corrected chi connectivity index (χ1v) is 12.2. The third kappa shape index (κ3) is 4.87. The molecular weight excluding hydrogens is 348 g/mol. The third-order valence-electron chi connectivity index (χ3n) is 7.57. The summed E-state index contributed by atoms with van der Waals surface area (Å²) in [6, 6.07) is 0.407. The molecule has 0 aliphatic heterocycles. The maximum absolute atomic E-state index is 13.5. The summed E-state index contributed by atoms with van der Waals surface area (Å²) in [7, 11) is 0. The molecule has 0 amide bonds. The largest absolute Gasteiger partial charge is 0.313 e. The lowest BCUT2D eigenvalue weighted by molar-refractivity contribution is -0.153. The van der Waals surface area contributed by atoms with Crippen LogP contribution in [0.3, 0.4) is 0 Å². The van der Waals surface area contributed by atoms with E-state index in [1.807, 2.05) is 0 Å². The molecule has 4 nitrogen and oxygen atoms in total. The van der Waals surface area contributed by atoms with E-state index in [1.165, 1.54) is 25.7 Å². The molecular formula is C24H42N2O2. The first-order valence-electron chi connectivity index (χ1n) is 12.2. The van der Waals surface area contributed by atoms with Gasteiger partial charge in [-0.15, -0.1) is 0 Å². The second kappa shape index (κ2) is 10.9. The summed E-state index contributed by atoms with van der Waals surface area (Å²) in [6.07, 6.45) is 13.4. The van der Waals surface area contributed by atoms with E-state index in [-0.39, 0.29) is 35.8 Å². The molecule has 0 saturated heterocycles. The number of nitrogens with one attached hydrogen (secondary N) is 2. The van der Waals surface area contributed by atoms with Crippen LogP contribution in [0.25, 0.3) is 0 Å². The van der Waals surface area contributed by atoms with E-state index >= 15 is 0 Å². The summed E-state index contributed by atoms with van der Waals surface area (Å²) in [5, 5.41) is 7.40. The number of ketones is 2. The van der Waals surface area contributed by atoms with Crippen molar-refractivity contribution in [1.29, 1.82) is 0 Å². The molecule has 0 heterocycles. The van der Waals surface area contributed by atoms with Crippen molar-refractivity contribution in [3.05, 3.63) is 0 Å². The number of hydrogen-bond donors (Lipinski definition) is 2. The average Bonchev–Trinajstić information content (AvgIpc) is 2.72. The van der Waals surface area contributed by atoms with Gasteiger partial charge in [0.05, 0.1) is 0 Å². The number of fused-ring (bicyclic) bond motifs is 2. The minimum Gasteiger partial charge on any atom is -0.313 e. The molecule has 6 unspecified atom stereocenters. The van der Waals surface area contributed by atoms with Crippen LogP contribution in [0.2, 0.25) is 0 Å². The van der Waals surface area contributed by atoms with E-state index in [0.29, 0.717) is 11.6 Å². The molecule has 3 aliphatic carbocycles. The number of carbonyl (C=O) groups excluding carboxylic acids is 2. The monoisotopic (exact) mass is 390 g/mol. The van der Waals surface area contributed by atoms with Gasteiger partial charge < -0.3 is 10.6 Å². The summed E-state index contributed by atoms with van der Waals surface area (Å²) < 4.78 is 0. The molecule has 3 fully saturated rings. The number of Topliss-reactive ketones (excluding diaryl/α,β-unsaturated/α-hetero) is 2. The van der Waals surface area contributed by atoms with Gasteiger partial charge in [-0.1, -0.05) is 52.4 Å². The highest BCUT2D eigenvalue weighted by Gasteiger charge is 2.55. The van der Waals surface area contributed by atoms with E-state index in [4.69, 9.17) is 0 Å². The highest BCUT2D eigenvalue weighted by Crippen LogP contribution is 2.46. The molecule has 28 heavy (non-hydrogen) atoms. The lowest BCUT2D eigenvalue weighted by Crippen LogP contribution is -2.63. The van der Waals surface area contributed by atoms with E-state index in [0.717, 1.165) is 64.5 Å². The quantitative estimate of drug-likeness (QED) is 0.547. The second-order valence-corrected chi connectivity index (χ2v) is 9.47. The van der Waals surface area contributed by atoms with Crippen LogP contribution in [-0.4, -0.2) is 36.7 Å². The van der Waals surface area contributed by atoms with Crippen molar-refractivity contribution in [3.8, 4) is 0 Å². The van der Waals surface area contributed by atoms with Crippen LogP contribution in [-0.2, 0) is 9.59 Å². The van der Waals surface area contributed by atoms with E-state index in [2.05, 4.69) is 24.5 Å². The summed E-state index contributed by atoms with van der Waals surface area (Å²) in [4.78, 5) is 27.1. The molecule has 0 spiro atoms. The Kier molecular flexibility index (Phi) is 8.52. The smallest absolute Gasteiger partial charge is 0.142 e. The van der Waals surface area contributed by atoms with Crippen molar-refractivity contribution in [3.63, 3.8) is 0 Å². The zero-order valence-electron chi connectivity index (χ0n) is 18.2. The minimum atomic E-state index is -0.0918. The molecule has 0 aromatic heterocycles. The van der Waals surface area contributed by atoms with Crippen molar-refractivity contribution >= 4 is 11.6 Å². The molecule has 0 aromatic carbocycles. The SMILES string of the molecule is CCCCCNC1CCC(NCCCCC)C2C(=O)C3CCCCC3C(=O)C12. The maximum Gasteiger partial charge on any atom is 0.142 e. The Morgan fingerprint density at radius 3 is 1.50 bits per heavy atom. The van der Waals surface area contributed by atoms with Crippen LogP contribution in [0.5, 0.6) is 0 Å². The van der Waals surface area contributed by atoms with Crippen LogP contribution < -0.4 is 10.6 Å².